The first-order chi connectivity index (χ1) is 10.5. The maximum Gasteiger partial charge on any atom is 0.218 e. The average Bonchev–Trinajstić information content (AvgIpc) is 2.82. The van der Waals surface area contributed by atoms with Gasteiger partial charge in [-0.3, -0.25) is 8.89 Å². The van der Waals surface area contributed by atoms with Crippen LogP contribution in [0.3, 0.4) is 0 Å². The van der Waals surface area contributed by atoms with Crippen LogP contribution in [0.2, 0.25) is 0 Å². The second-order valence-electron chi connectivity index (χ2n) is 5.41. The van der Waals surface area contributed by atoms with Gasteiger partial charge in [0.25, 0.3) is 0 Å². The molecule has 0 saturated carbocycles. The third kappa shape index (κ3) is 2.52. The van der Waals surface area contributed by atoms with Gasteiger partial charge in [0, 0.05) is 19.5 Å². The lowest BCUT2D eigenvalue weighted by Gasteiger charge is -2.06. The molecule has 1 unspecified atom stereocenters. The number of rotatable bonds is 3. The molecule has 6 nitrogen and oxygen atoms in total. The third-order valence-electron chi connectivity index (χ3n) is 3.42. The highest BCUT2D eigenvalue weighted by molar-refractivity contribution is 7.84. The molecular weight excluding hydrogens is 298 g/mol. The minimum atomic E-state index is -1.21. The number of fused-ring (bicyclic) bond motifs is 1. The van der Waals surface area contributed by atoms with Crippen molar-refractivity contribution >= 4 is 21.8 Å². The summed E-state index contributed by atoms with van der Waals surface area (Å²) in [4.78, 5) is 13.1. The number of hydrogen-bond donors (Lipinski definition) is 0. The first kappa shape index (κ1) is 14.8. The molecular formula is C15H17N5OS. The fraction of sp³-hybridized carbons (Fsp3) is 0.333. The fourth-order valence-corrected chi connectivity index (χ4v) is 2.94. The lowest BCUT2D eigenvalue weighted by molar-refractivity contribution is 0.676. The van der Waals surface area contributed by atoms with Crippen LogP contribution in [0, 0.1) is 0 Å². The van der Waals surface area contributed by atoms with E-state index in [0.717, 1.165) is 22.4 Å². The zero-order valence-corrected chi connectivity index (χ0v) is 13.8. The van der Waals surface area contributed by atoms with E-state index in [1.165, 1.54) is 0 Å². The van der Waals surface area contributed by atoms with Crippen molar-refractivity contribution in [3.8, 4) is 11.4 Å². The first-order valence-electron chi connectivity index (χ1n) is 6.98. The van der Waals surface area contributed by atoms with Crippen LogP contribution in [0.1, 0.15) is 25.5 Å². The Morgan fingerprint density at radius 3 is 2.55 bits per heavy atom. The molecule has 0 N–H and O–H groups in total. The highest BCUT2D eigenvalue weighted by Crippen LogP contribution is 2.25. The first-order valence-corrected chi connectivity index (χ1v) is 8.53. The molecule has 1 atom stereocenters. The van der Waals surface area contributed by atoms with E-state index in [4.69, 9.17) is 4.98 Å². The van der Waals surface area contributed by atoms with Crippen LogP contribution in [0.5, 0.6) is 0 Å². The van der Waals surface area contributed by atoms with Gasteiger partial charge in [-0.25, -0.2) is 15.0 Å². The van der Waals surface area contributed by atoms with Crippen molar-refractivity contribution in [2.45, 2.75) is 24.9 Å². The van der Waals surface area contributed by atoms with Crippen molar-refractivity contribution in [3.05, 3.63) is 30.1 Å². The predicted octanol–water partition coefficient (Wildman–Crippen LogP) is 2.29. The number of aromatic nitrogens is 5. The quantitative estimate of drug-likeness (QED) is 0.693. The van der Waals surface area contributed by atoms with Crippen molar-refractivity contribution in [1.82, 2.24) is 24.7 Å². The molecule has 7 heteroatoms. The van der Waals surface area contributed by atoms with Crippen molar-refractivity contribution in [2.75, 3.05) is 6.26 Å². The van der Waals surface area contributed by atoms with Crippen LogP contribution >= 0.6 is 0 Å². The molecule has 22 heavy (non-hydrogen) atoms. The minimum absolute atomic E-state index is 0.315. The zero-order valence-electron chi connectivity index (χ0n) is 12.9. The Bertz CT molecular complexity index is 871. The number of aryl methyl sites for hydroxylation is 1. The molecule has 0 bridgehead atoms. The van der Waals surface area contributed by atoms with E-state index in [-0.39, 0.29) is 0 Å². The molecule has 0 radical (unpaired) electrons. The Kier molecular flexibility index (Phi) is 3.74. The molecule has 0 saturated heterocycles. The summed E-state index contributed by atoms with van der Waals surface area (Å²) in [6.07, 6.45) is 3.17. The summed E-state index contributed by atoms with van der Waals surface area (Å²) in [6.45, 7) is 4.24. The standard InChI is InChI=1S/C15H17N5OS/c1-9(2)14-13-12(19-20(14)3)6-5-10(17-13)11-7-8-16-15(18-11)22(4)21/h5-9H,1-4H3. The molecule has 3 aromatic heterocycles. The Morgan fingerprint density at radius 2 is 1.86 bits per heavy atom. The van der Waals surface area contributed by atoms with Crippen molar-refractivity contribution in [1.29, 1.82) is 0 Å². The Morgan fingerprint density at radius 1 is 1.14 bits per heavy atom. The molecule has 0 spiro atoms. The molecule has 0 fully saturated rings. The van der Waals surface area contributed by atoms with Crippen LogP contribution in [-0.4, -0.2) is 35.2 Å². The van der Waals surface area contributed by atoms with Crippen molar-refractivity contribution in [3.63, 3.8) is 0 Å². The number of nitrogens with zero attached hydrogens (tertiary/aromatic N) is 5. The maximum atomic E-state index is 11.5. The SMILES string of the molecule is CC(C)c1c2nc(-c3ccnc(S(C)=O)n3)ccc2nn1C. The van der Waals surface area contributed by atoms with Crippen LogP contribution in [0.25, 0.3) is 22.4 Å². The topological polar surface area (TPSA) is 73.6 Å². The van der Waals surface area contributed by atoms with Gasteiger partial charge in [-0.15, -0.1) is 0 Å². The predicted molar refractivity (Wildman–Crippen MR) is 86.0 cm³/mol. The summed E-state index contributed by atoms with van der Waals surface area (Å²) in [5.41, 5.74) is 4.23. The molecule has 0 aromatic carbocycles. The normalized spacial score (nSPS) is 13.0. The smallest absolute Gasteiger partial charge is 0.218 e. The summed E-state index contributed by atoms with van der Waals surface area (Å²) in [7, 11) is 0.716. The molecule has 0 amide bonds. The third-order valence-corrected chi connectivity index (χ3v) is 4.13. The lowest BCUT2D eigenvalue weighted by Crippen LogP contribution is -2.01. The summed E-state index contributed by atoms with van der Waals surface area (Å²) >= 11 is 0. The Labute approximate surface area is 131 Å². The second kappa shape index (κ2) is 5.57. The lowest BCUT2D eigenvalue weighted by atomic mass is 10.1. The molecule has 0 aliphatic carbocycles. The van der Waals surface area contributed by atoms with Crippen molar-refractivity contribution in [2.24, 2.45) is 7.05 Å². The highest BCUT2D eigenvalue weighted by atomic mass is 32.2. The van der Waals surface area contributed by atoms with Gasteiger partial charge in [0.2, 0.25) is 5.16 Å². The van der Waals surface area contributed by atoms with Gasteiger partial charge in [0.15, 0.2) is 0 Å². The van der Waals surface area contributed by atoms with E-state index < -0.39 is 10.8 Å². The molecule has 3 rings (SSSR count). The maximum absolute atomic E-state index is 11.5. The average molecular weight is 315 g/mol. The van der Waals surface area contributed by atoms with Crippen LogP contribution in [0.15, 0.2) is 29.6 Å². The van der Waals surface area contributed by atoms with E-state index >= 15 is 0 Å². The Balaban J connectivity index is 2.18. The highest BCUT2D eigenvalue weighted by Gasteiger charge is 2.15. The monoisotopic (exact) mass is 315 g/mol. The molecule has 0 aliphatic heterocycles. The van der Waals surface area contributed by atoms with E-state index in [0.29, 0.717) is 16.8 Å². The van der Waals surface area contributed by atoms with Gasteiger partial charge in [0.05, 0.1) is 27.9 Å². The van der Waals surface area contributed by atoms with Gasteiger partial charge in [0.1, 0.15) is 11.0 Å². The number of hydrogen-bond acceptors (Lipinski definition) is 5. The largest absolute Gasteiger partial charge is 0.270 e. The summed E-state index contributed by atoms with van der Waals surface area (Å²) in [5, 5.41) is 4.80. The minimum Gasteiger partial charge on any atom is -0.270 e. The molecule has 114 valence electrons. The van der Waals surface area contributed by atoms with Gasteiger partial charge in [-0.2, -0.15) is 5.10 Å². The van der Waals surface area contributed by atoms with Crippen LogP contribution in [0.4, 0.5) is 0 Å². The summed E-state index contributed by atoms with van der Waals surface area (Å²) in [6, 6.07) is 5.59. The van der Waals surface area contributed by atoms with Crippen molar-refractivity contribution < 1.29 is 4.21 Å². The van der Waals surface area contributed by atoms with E-state index in [2.05, 4.69) is 28.9 Å². The van der Waals surface area contributed by atoms with E-state index in [1.54, 1.807) is 18.5 Å². The van der Waals surface area contributed by atoms with Crippen LogP contribution in [-0.2, 0) is 17.8 Å². The Hall–Kier alpha value is -2.15. The molecule has 3 aromatic rings. The van der Waals surface area contributed by atoms with Gasteiger partial charge in [-0.1, -0.05) is 13.8 Å². The fourth-order valence-electron chi connectivity index (χ4n) is 2.50. The van der Waals surface area contributed by atoms with E-state index in [9.17, 15) is 4.21 Å². The zero-order chi connectivity index (χ0) is 15.9. The summed E-state index contributed by atoms with van der Waals surface area (Å²) < 4.78 is 13.4. The summed E-state index contributed by atoms with van der Waals surface area (Å²) in [5.74, 6) is 0.321. The van der Waals surface area contributed by atoms with E-state index in [1.807, 2.05) is 23.9 Å². The molecule has 3 heterocycles. The van der Waals surface area contributed by atoms with Gasteiger partial charge >= 0.3 is 0 Å². The van der Waals surface area contributed by atoms with Gasteiger partial charge in [-0.05, 0) is 24.1 Å². The number of pyridine rings is 1. The van der Waals surface area contributed by atoms with Crippen LogP contribution < -0.4 is 0 Å². The second-order valence-corrected chi connectivity index (χ2v) is 6.68. The van der Waals surface area contributed by atoms with Gasteiger partial charge < -0.3 is 0 Å². The molecule has 0 aliphatic rings.